The lowest BCUT2D eigenvalue weighted by Crippen LogP contribution is -2.45. The normalized spacial score (nSPS) is 15.4. The lowest BCUT2D eigenvalue weighted by atomic mass is 10.3. The van der Waals surface area contributed by atoms with Crippen LogP contribution in [0.4, 0.5) is 5.69 Å². The number of thiocarbonyl (C=S) groups is 1. The lowest BCUT2D eigenvalue weighted by molar-refractivity contribution is 0.150. The number of rotatable bonds is 8. The molecule has 5 nitrogen and oxygen atoms in total. The Morgan fingerprint density at radius 3 is 2.75 bits per heavy atom. The van der Waals surface area contributed by atoms with Crippen LogP contribution in [0.25, 0.3) is 0 Å². The second kappa shape index (κ2) is 10.8. The highest BCUT2D eigenvalue weighted by atomic mass is 32.1. The van der Waals surface area contributed by atoms with Crippen molar-refractivity contribution in [3.05, 3.63) is 46.7 Å². The molecule has 3 rings (SSSR count). The van der Waals surface area contributed by atoms with E-state index < -0.39 is 0 Å². The van der Waals surface area contributed by atoms with Gasteiger partial charge in [-0.05, 0) is 55.8 Å². The first-order chi connectivity index (χ1) is 13.6. The average molecular weight is 419 g/mol. The Hall–Kier alpha value is -1.67. The zero-order valence-electron chi connectivity index (χ0n) is 16.8. The predicted octanol–water partition coefficient (Wildman–Crippen LogP) is 3.59. The molecule has 1 N–H and O–H groups in total. The van der Waals surface area contributed by atoms with Crippen molar-refractivity contribution in [1.82, 2.24) is 14.7 Å². The summed E-state index contributed by atoms with van der Waals surface area (Å²) in [5, 5.41) is 6.27. The van der Waals surface area contributed by atoms with Gasteiger partial charge in [-0.2, -0.15) is 0 Å². The minimum absolute atomic E-state index is 0.764. The number of piperazine rings is 1. The molecule has 2 heterocycles. The van der Waals surface area contributed by atoms with Gasteiger partial charge in [-0.25, -0.2) is 0 Å². The van der Waals surface area contributed by atoms with Crippen LogP contribution in [0.15, 0.2) is 41.8 Å². The maximum absolute atomic E-state index is 5.75. The first-order valence-electron chi connectivity index (χ1n) is 9.77. The molecule has 152 valence electrons. The van der Waals surface area contributed by atoms with Crippen LogP contribution >= 0.6 is 23.6 Å². The van der Waals surface area contributed by atoms with E-state index in [1.165, 1.54) is 4.88 Å². The Balaban J connectivity index is 1.56. The van der Waals surface area contributed by atoms with Gasteiger partial charge in [0.2, 0.25) is 0 Å². The number of methoxy groups -OCH3 is 1. The van der Waals surface area contributed by atoms with Crippen molar-refractivity contribution < 1.29 is 4.74 Å². The molecule has 2 aromatic rings. The highest BCUT2D eigenvalue weighted by Gasteiger charge is 2.15. The van der Waals surface area contributed by atoms with E-state index in [4.69, 9.17) is 17.0 Å². The van der Waals surface area contributed by atoms with Gasteiger partial charge in [0.25, 0.3) is 0 Å². The van der Waals surface area contributed by atoms with Gasteiger partial charge in [0.15, 0.2) is 5.11 Å². The van der Waals surface area contributed by atoms with Crippen LogP contribution in [-0.2, 0) is 6.54 Å². The molecule has 1 aliphatic rings. The summed E-state index contributed by atoms with van der Waals surface area (Å²) >= 11 is 7.53. The number of benzene rings is 1. The fourth-order valence-corrected chi connectivity index (χ4v) is 4.30. The molecule has 1 aliphatic heterocycles. The Labute approximate surface area is 177 Å². The van der Waals surface area contributed by atoms with Gasteiger partial charge in [-0.1, -0.05) is 12.1 Å². The topological polar surface area (TPSA) is 31.0 Å². The Morgan fingerprint density at radius 1 is 1.21 bits per heavy atom. The fraction of sp³-hybridized carbons (Fsp3) is 0.476. The summed E-state index contributed by atoms with van der Waals surface area (Å²) in [6.07, 6.45) is 1.11. The molecule has 7 heteroatoms. The number of thiophene rings is 1. The standard InChI is InChI=1S/C21H30N4OS2/c1-23-11-13-24(14-12-23)9-5-10-25(17-20-8-4-15-28-20)21(27)22-18-6-3-7-19(16-18)26-2/h3-4,6-8,15-16H,5,9-14,17H2,1-2H3,(H,22,27). The molecule has 0 unspecified atom stereocenters. The van der Waals surface area contributed by atoms with Gasteiger partial charge in [-0.3, -0.25) is 0 Å². The first kappa shape index (κ1) is 21.0. The van der Waals surface area contributed by atoms with E-state index in [9.17, 15) is 0 Å². The molecule has 0 saturated carbocycles. The van der Waals surface area contributed by atoms with Crippen molar-refractivity contribution >= 4 is 34.4 Å². The third-order valence-electron chi connectivity index (χ3n) is 5.03. The SMILES string of the molecule is COc1cccc(NC(=S)N(CCCN2CCN(C)CC2)Cc2cccs2)c1. The van der Waals surface area contributed by atoms with Crippen molar-refractivity contribution in [1.29, 1.82) is 0 Å². The number of anilines is 1. The zero-order chi connectivity index (χ0) is 19.8. The van der Waals surface area contributed by atoms with E-state index in [1.54, 1.807) is 18.4 Å². The second-order valence-electron chi connectivity index (χ2n) is 7.16. The van der Waals surface area contributed by atoms with Gasteiger partial charge in [0, 0.05) is 49.4 Å². The molecule has 0 aliphatic carbocycles. The molecule has 1 aromatic heterocycles. The minimum Gasteiger partial charge on any atom is -0.497 e. The van der Waals surface area contributed by atoms with Gasteiger partial charge in [-0.15, -0.1) is 11.3 Å². The quantitative estimate of drug-likeness (QED) is 0.660. The summed E-state index contributed by atoms with van der Waals surface area (Å²) in [5.41, 5.74) is 0.958. The number of hydrogen-bond donors (Lipinski definition) is 1. The van der Waals surface area contributed by atoms with Crippen LogP contribution in [0, 0.1) is 0 Å². The Bertz CT molecular complexity index is 730. The summed E-state index contributed by atoms with van der Waals surface area (Å²) in [5.74, 6) is 0.827. The van der Waals surface area contributed by atoms with E-state index in [1.807, 2.05) is 24.3 Å². The summed E-state index contributed by atoms with van der Waals surface area (Å²) in [6, 6.07) is 12.2. The molecule has 1 aromatic carbocycles. The van der Waals surface area contributed by atoms with Crippen molar-refractivity contribution in [2.45, 2.75) is 13.0 Å². The monoisotopic (exact) mass is 418 g/mol. The van der Waals surface area contributed by atoms with E-state index in [0.717, 1.165) is 68.8 Å². The molecular formula is C21H30N4OS2. The van der Waals surface area contributed by atoms with Crippen molar-refractivity contribution in [3.8, 4) is 5.75 Å². The molecule has 0 amide bonds. The maximum atomic E-state index is 5.75. The smallest absolute Gasteiger partial charge is 0.173 e. The number of likely N-dealkylation sites (N-methyl/N-ethyl adjacent to an activating group) is 1. The molecule has 0 radical (unpaired) electrons. The van der Waals surface area contributed by atoms with Crippen molar-refractivity contribution in [2.75, 3.05) is 58.7 Å². The molecule has 0 spiro atoms. The molecule has 1 saturated heterocycles. The van der Waals surface area contributed by atoms with E-state index in [-0.39, 0.29) is 0 Å². The van der Waals surface area contributed by atoms with Crippen LogP contribution < -0.4 is 10.1 Å². The van der Waals surface area contributed by atoms with Gasteiger partial charge in [0.1, 0.15) is 5.75 Å². The van der Waals surface area contributed by atoms with Crippen LogP contribution in [0.1, 0.15) is 11.3 Å². The van der Waals surface area contributed by atoms with Crippen LogP contribution in [0.5, 0.6) is 5.75 Å². The van der Waals surface area contributed by atoms with Gasteiger partial charge >= 0.3 is 0 Å². The van der Waals surface area contributed by atoms with E-state index in [0.29, 0.717) is 0 Å². The number of ether oxygens (including phenoxy) is 1. The second-order valence-corrected chi connectivity index (χ2v) is 8.58. The van der Waals surface area contributed by atoms with Crippen LogP contribution in [0.3, 0.4) is 0 Å². The maximum Gasteiger partial charge on any atom is 0.173 e. The third kappa shape index (κ3) is 6.44. The van der Waals surface area contributed by atoms with Crippen molar-refractivity contribution in [2.24, 2.45) is 0 Å². The summed E-state index contributed by atoms with van der Waals surface area (Å²) < 4.78 is 5.32. The minimum atomic E-state index is 0.764. The Morgan fingerprint density at radius 2 is 2.04 bits per heavy atom. The van der Waals surface area contributed by atoms with E-state index in [2.05, 4.69) is 44.6 Å². The molecule has 0 bridgehead atoms. The highest BCUT2D eigenvalue weighted by Crippen LogP contribution is 2.19. The number of hydrogen-bond acceptors (Lipinski definition) is 5. The predicted molar refractivity (Wildman–Crippen MR) is 122 cm³/mol. The molecule has 0 atom stereocenters. The zero-order valence-corrected chi connectivity index (χ0v) is 18.4. The fourth-order valence-electron chi connectivity index (χ4n) is 3.30. The molecule has 28 heavy (non-hydrogen) atoms. The van der Waals surface area contributed by atoms with Crippen molar-refractivity contribution in [3.63, 3.8) is 0 Å². The molecule has 1 fully saturated rings. The lowest BCUT2D eigenvalue weighted by Gasteiger charge is -2.33. The molecular weight excluding hydrogens is 388 g/mol. The Kier molecular flexibility index (Phi) is 8.09. The number of nitrogens with zero attached hydrogens (tertiary/aromatic N) is 3. The average Bonchev–Trinajstić information content (AvgIpc) is 3.22. The highest BCUT2D eigenvalue weighted by molar-refractivity contribution is 7.80. The summed E-state index contributed by atoms with van der Waals surface area (Å²) in [6.45, 7) is 7.55. The van der Waals surface area contributed by atoms with Gasteiger partial charge in [0.05, 0.1) is 13.7 Å². The summed E-state index contributed by atoms with van der Waals surface area (Å²) in [4.78, 5) is 8.56. The van der Waals surface area contributed by atoms with E-state index >= 15 is 0 Å². The van der Waals surface area contributed by atoms with Crippen LogP contribution in [-0.4, -0.2) is 73.2 Å². The largest absolute Gasteiger partial charge is 0.497 e. The number of nitrogens with one attached hydrogen (secondary N) is 1. The first-order valence-corrected chi connectivity index (χ1v) is 11.1. The van der Waals surface area contributed by atoms with Gasteiger partial charge < -0.3 is 24.8 Å². The van der Waals surface area contributed by atoms with Crippen LogP contribution in [0.2, 0.25) is 0 Å². The third-order valence-corrected chi connectivity index (χ3v) is 6.25. The summed E-state index contributed by atoms with van der Waals surface area (Å²) in [7, 11) is 3.88.